The molecule has 2 N–H and O–H groups in total. The van der Waals surface area contributed by atoms with Crippen molar-refractivity contribution in [1.29, 1.82) is 0 Å². The lowest BCUT2D eigenvalue weighted by molar-refractivity contribution is 0.404. The molecule has 0 amide bonds. The molecule has 0 atom stereocenters. The summed E-state index contributed by atoms with van der Waals surface area (Å²) in [5.74, 6) is 0.583. The fourth-order valence-corrected chi connectivity index (χ4v) is 3.92. The highest BCUT2D eigenvalue weighted by molar-refractivity contribution is 9.10. The van der Waals surface area contributed by atoms with Gasteiger partial charge in [-0.1, -0.05) is 0 Å². The molecular formula is C11H13BrN2O3S2. The third-order valence-corrected chi connectivity index (χ3v) is 5.57. The molecule has 0 aliphatic carbocycles. The third kappa shape index (κ3) is 3.67. The molecule has 0 saturated heterocycles. The lowest BCUT2D eigenvalue weighted by atomic mass is 10.4. The SMILES string of the molecule is CNCc1ccc(S(=O)(=O)NCc2sccc2Br)o1. The quantitative estimate of drug-likeness (QED) is 0.824. The van der Waals surface area contributed by atoms with E-state index >= 15 is 0 Å². The molecule has 2 rings (SSSR count). The topological polar surface area (TPSA) is 71.3 Å². The van der Waals surface area contributed by atoms with Gasteiger partial charge in [-0.2, -0.15) is 0 Å². The Morgan fingerprint density at radius 1 is 1.32 bits per heavy atom. The van der Waals surface area contributed by atoms with Crippen LogP contribution in [-0.4, -0.2) is 15.5 Å². The zero-order valence-corrected chi connectivity index (χ0v) is 13.4. The Hall–Kier alpha value is -0.670. The summed E-state index contributed by atoms with van der Waals surface area (Å²) >= 11 is 4.84. The first kappa shape index (κ1) is 14.7. The predicted molar refractivity (Wildman–Crippen MR) is 77.5 cm³/mol. The van der Waals surface area contributed by atoms with Crippen molar-refractivity contribution in [2.24, 2.45) is 0 Å². The molecule has 2 aromatic rings. The maximum atomic E-state index is 12.0. The number of thiophene rings is 1. The molecule has 0 aliphatic heterocycles. The normalized spacial score (nSPS) is 11.9. The fourth-order valence-electron chi connectivity index (χ4n) is 1.45. The van der Waals surface area contributed by atoms with Gasteiger partial charge in [0, 0.05) is 15.9 Å². The molecule has 8 heteroatoms. The number of nitrogens with one attached hydrogen (secondary N) is 2. The number of hydrogen-bond donors (Lipinski definition) is 2. The van der Waals surface area contributed by atoms with Crippen LogP contribution in [0.3, 0.4) is 0 Å². The Kier molecular flexibility index (Phi) is 4.80. The first-order valence-electron chi connectivity index (χ1n) is 5.48. The van der Waals surface area contributed by atoms with Gasteiger partial charge in [0.25, 0.3) is 10.0 Å². The van der Waals surface area contributed by atoms with Crippen molar-refractivity contribution < 1.29 is 12.8 Å². The van der Waals surface area contributed by atoms with Crippen LogP contribution < -0.4 is 10.0 Å². The number of hydrogen-bond acceptors (Lipinski definition) is 5. The Bertz CT molecular complexity index is 648. The van der Waals surface area contributed by atoms with E-state index in [9.17, 15) is 8.42 Å². The van der Waals surface area contributed by atoms with Gasteiger partial charge in [-0.25, -0.2) is 13.1 Å². The summed E-state index contributed by atoms with van der Waals surface area (Å²) in [4.78, 5) is 0.922. The molecule has 0 spiro atoms. The van der Waals surface area contributed by atoms with Crippen LogP contribution in [0.5, 0.6) is 0 Å². The molecule has 0 fully saturated rings. The molecule has 0 radical (unpaired) electrons. The second-order valence-corrected chi connectivity index (χ2v) is 7.32. The van der Waals surface area contributed by atoms with Crippen molar-refractivity contribution in [1.82, 2.24) is 10.0 Å². The van der Waals surface area contributed by atoms with E-state index < -0.39 is 10.0 Å². The molecule has 2 heterocycles. The van der Waals surface area contributed by atoms with E-state index in [0.29, 0.717) is 12.3 Å². The highest BCUT2D eigenvalue weighted by atomic mass is 79.9. The molecule has 0 unspecified atom stereocenters. The van der Waals surface area contributed by atoms with Gasteiger partial charge in [-0.3, -0.25) is 0 Å². The van der Waals surface area contributed by atoms with Crippen molar-refractivity contribution >= 4 is 37.3 Å². The highest BCUT2D eigenvalue weighted by Gasteiger charge is 2.19. The molecule has 0 aromatic carbocycles. The lowest BCUT2D eigenvalue weighted by Crippen LogP contribution is -2.22. The van der Waals surface area contributed by atoms with Crippen LogP contribution in [0.15, 0.2) is 37.6 Å². The van der Waals surface area contributed by atoms with Crippen LogP contribution in [0.1, 0.15) is 10.6 Å². The third-order valence-electron chi connectivity index (χ3n) is 2.37. The predicted octanol–water partition coefficient (Wildman–Crippen LogP) is 2.30. The van der Waals surface area contributed by atoms with Crippen molar-refractivity contribution in [3.8, 4) is 0 Å². The Balaban J connectivity index is 2.07. The molecule has 0 aliphatic rings. The van der Waals surface area contributed by atoms with Crippen molar-refractivity contribution in [2.75, 3.05) is 7.05 Å². The number of rotatable bonds is 6. The first-order valence-corrected chi connectivity index (χ1v) is 8.63. The Morgan fingerprint density at radius 3 is 2.74 bits per heavy atom. The summed E-state index contributed by atoms with van der Waals surface area (Å²) in [6.07, 6.45) is 0. The number of sulfonamides is 1. The minimum absolute atomic E-state index is 0.0644. The summed E-state index contributed by atoms with van der Waals surface area (Å²) in [5.41, 5.74) is 0. The monoisotopic (exact) mass is 364 g/mol. The average Bonchev–Trinajstić information content (AvgIpc) is 2.97. The number of halogens is 1. The van der Waals surface area contributed by atoms with Crippen LogP contribution >= 0.6 is 27.3 Å². The van der Waals surface area contributed by atoms with Gasteiger partial charge in [0.2, 0.25) is 5.09 Å². The van der Waals surface area contributed by atoms with E-state index in [0.717, 1.165) is 9.35 Å². The zero-order chi connectivity index (χ0) is 13.9. The van der Waals surface area contributed by atoms with E-state index in [-0.39, 0.29) is 11.6 Å². The van der Waals surface area contributed by atoms with Gasteiger partial charge in [0.05, 0.1) is 6.54 Å². The van der Waals surface area contributed by atoms with Crippen molar-refractivity contribution in [3.05, 3.63) is 38.7 Å². The lowest BCUT2D eigenvalue weighted by Gasteiger charge is -2.03. The largest absolute Gasteiger partial charge is 0.447 e. The van der Waals surface area contributed by atoms with Gasteiger partial charge in [0.1, 0.15) is 5.76 Å². The maximum absolute atomic E-state index is 12.0. The fraction of sp³-hybridized carbons (Fsp3) is 0.273. The van der Waals surface area contributed by atoms with Gasteiger partial charge >= 0.3 is 0 Å². The minimum atomic E-state index is -3.61. The number of furan rings is 1. The van der Waals surface area contributed by atoms with Crippen LogP contribution in [0, 0.1) is 0 Å². The molecule has 104 valence electrons. The van der Waals surface area contributed by atoms with E-state index in [4.69, 9.17) is 4.42 Å². The zero-order valence-electron chi connectivity index (χ0n) is 10.1. The van der Waals surface area contributed by atoms with E-state index in [1.807, 2.05) is 11.4 Å². The van der Waals surface area contributed by atoms with Crippen LogP contribution in [0.25, 0.3) is 0 Å². The van der Waals surface area contributed by atoms with E-state index in [2.05, 4.69) is 26.0 Å². The standard InChI is InChI=1S/C11H13BrN2O3S2/c1-13-6-8-2-3-11(17-8)19(15,16)14-7-10-9(12)4-5-18-10/h2-5,13-14H,6-7H2,1H3. The molecule has 19 heavy (non-hydrogen) atoms. The van der Waals surface area contributed by atoms with E-state index in [1.54, 1.807) is 13.1 Å². The second kappa shape index (κ2) is 6.19. The van der Waals surface area contributed by atoms with Gasteiger partial charge in [-0.05, 0) is 46.6 Å². The van der Waals surface area contributed by atoms with Crippen LogP contribution in [-0.2, 0) is 23.1 Å². The summed E-state index contributed by atoms with van der Waals surface area (Å²) in [5, 5.41) is 4.73. The van der Waals surface area contributed by atoms with Crippen molar-refractivity contribution in [2.45, 2.75) is 18.2 Å². The minimum Gasteiger partial charge on any atom is -0.447 e. The average molecular weight is 365 g/mol. The molecule has 5 nitrogen and oxygen atoms in total. The van der Waals surface area contributed by atoms with Crippen molar-refractivity contribution in [3.63, 3.8) is 0 Å². The Labute approximate surface area is 124 Å². The first-order chi connectivity index (χ1) is 9.03. The molecule has 0 saturated carbocycles. The summed E-state index contributed by atoms with van der Waals surface area (Å²) in [6.45, 7) is 0.731. The van der Waals surface area contributed by atoms with Crippen LogP contribution in [0.4, 0.5) is 0 Å². The van der Waals surface area contributed by atoms with Gasteiger partial charge < -0.3 is 9.73 Å². The Morgan fingerprint density at radius 2 is 2.11 bits per heavy atom. The summed E-state index contributed by atoms with van der Waals surface area (Å²) in [7, 11) is -1.84. The van der Waals surface area contributed by atoms with Crippen LogP contribution in [0.2, 0.25) is 0 Å². The molecular weight excluding hydrogens is 352 g/mol. The maximum Gasteiger partial charge on any atom is 0.274 e. The molecule has 2 aromatic heterocycles. The highest BCUT2D eigenvalue weighted by Crippen LogP contribution is 2.23. The van der Waals surface area contributed by atoms with Gasteiger partial charge in [-0.15, -0.1) is 11.3 Å². The smallest absolute Gasteiger partial charge is 0.274 e. The van der Waals surface area contributed by atoms with E-state index in [1.165, 1.54) is 17.4 Å². The summed E-state index contributed by atoms with van der Waals surface area (Å²) in [6, 6.07) is 4.98. The van der Waals surface area contributed by atoms with Gasteiger partial charge in [0.15, 0.2) is 0 Å². The second-order valence-electron chi connectivity index (χ2n) is 3.77. The summed E-state index contributed by atoms with van der Waals surface area (Å²) < 4.78 is 32.7. The molecule has 0 bridgehead atoms.